The number of hydrogen-bond donors (Lipinski definition) is 0. The molecule has 0 heterocycles. The van der Waals surface area contributed by atoms with Crippen molar-refractivity contribution in [3.63, 3.8) is 0 Å². The quantitative estimate of drug-likeness (QED) is 0.368. The predicted octanol–water partition coefficient (Wildman–Crippen LogP) is 0.293. The predicted molar refractivity (Wildman–Crippen MR) is 91.2 cm³/mol. The van der Waals surface area contributed by atoms with E-state index in [2.05, 4.69) is 72.8 Å². The van der Waals surface area contributed by atoms with Crippen LogP contribution in [-0.4, -0.2) is 6.30 Å². The number of benzene rings is 3. The molecule has 0 aliphatic rings. The summed E-state index contributed by atoms with van der Waals surface area (Å²) in [6.07, 6.45) is 6.97. The van der Waals surface area contributed by atoms with E-state index in [1.165, 1.54) is 15.9 Å². The van der Waals surface area contributed by atoms with Gasteiger partial charge in [-0.05, 0) is 15.9 Å². The first-order chi connectivity index (χ1) is 9.82. The van der Waals surface area contributed by atoms with Crippen molar-refractivity contribution < 1.29 is 18.9 Å². The Kier molecular flexibility index (Phi) is 5.32. The van der Waals surface area contributed by atoms with Gasteiger partial charge in [0.2, 0.25) is 0 Å². The molecular formula is C19H16LiP. The maximum atomic E-state index is 6.97. The van der Waals surface area contributed by atoms with Crippen LogP contribution in [0.1, 0.15) is 0 Å². The Hall–Kier alpha value is -1.44. The van der Waals surface area contributed by atoms with Gasteiger partial charge in [0.15, 0.2) is 0 Å². The van der Waals surface area contributed by atoms with Crippen LogP contribution in [0.3, 0.4) is 0 Å². The Morgan fingerprint density at radius 1 is 0.476 bits per heavy atom. The summed E-state index contributed by atoms with van der Waals surface area (Å²) in [7, 11) is 0. The van der Waals surface area contributed by atoms with Gasteiger partial charge in [-0.25, -0.2) is 0 Å². The van der Waals surface area contributed by atoms with Gasteiger partial charge in [0.05, 0.1) is 0 Å². The van der Waals surface area contributed by atoms with E-state index >= 15 is 0 Å². The molecule has 0 amide bonds. The summed E-state index contributed by atoms with van der Waals surface area (Å²) in [4.78, 5) is 0. The Morgan fingerprint density at radius 3 is 0.952 bits per heavy atom. The van der Waals surface area contributed by atoms with E-state index in [0.29, 0.717) is 0 Å². The normalized spacial score (nSPS) is 10.7. The Bertz CT molecular complexity index is 618. The molecule has 3 aromatic rings. The van der Waals surface area contributed by atoms with Crippen molar-refractivity contribution >= 4 is 29.1 Å². The van der Waals surface area contributed by atoms with Gasteiger partial charge in [-0.2, -0.15) is 6.89 Å². The van der Waals surface area contributed by atoms with E-state index in [1.807, 2.05) is 18.2 Å². The van der Waals surface area contributed by atoms with Crippen molar-refractivity contribution in [3.8, 4) is 0 Å². The molecule has 2 heteroatoms. The molecule has 21 heavy (non-hydrogen) atoms. The fourth-order valence-corrected chi connectivity index (χ4v) is 5.26. The third-order valence-corrected chi connectivity index (χ3v) is 6.83. The summed E-state index contributed by atoms with van der Waals surface area (Å²) in [6, 6.07) is 31.2. The smallest absolute Gasteiger partial charge is 0.496 e. The van der Waals surface area contributed by atoms with Crippen LogP contribution in [0.2, 0.25) is 0 Å². The van der Waals surface area contributed by atoms with Gasteiger partial charge in [0.1, 0.15) is 0 Å². The monoisotopic (exact) mass is 282 g/mol. The average molecular weight is 282 g/mol. The minimum absolute atomic E-state index is 0. The maximum absolute atomic E-state index is 6.97. The topological polar surface area (TPSA) is 0 Å². The molecule has 0 bridgehead atoms. The van der Waals surface area contributed by atoms with Gasteiger partial charge in [-0.15, -0.1) is 0 Å². The zero-order valence-corrected chi connectivity index (χ0v) is 13.1. The Morgan fingerprint density at radius 2 is 0.714 bits per heavy atom. The zero-order chi connectivity index (χ0) is 13.8. The summed E-state index contributed by atoms with van der Waals surface area (Å²) in [5.74, 6) is 0. The largest absolute Gasteiger partial charge is 1.00 e. The van der Waals surface area contributed by atoms with Crippen LogP contribution in [0.4, 0.5) is 0 Å². The first kappa shape index (κ1) is 15.9. The van der Waals surface area contributed by atoms with Gasteiger partial charge >= 0.3 is 18.9 Å². The summed E-state index contributed by atoms with van der Waals surface area (Å²) < 4.78 is 0. The molecule has 0 saturated carbocycles. The molecule has 0 aliphatic carbocycles. The van der Waals surface area contributed by atoms with Crippen LogP contribution < -0.4 is 34.8 Å². The minimum atomic E-state index is -2.03. The molecule has 0 aromatic heterocycles. The Labute approximate surface area is 139 Å². The zero-order valence-electron chi connectivity index (χ0n) is 12.2. The second kappa shape index (κ2) is 7.01. The summed E-state index contributed by atoms with van der Waals surface area (Å²) in [6.45, 7) is -2.03. The van der Waals surface area contributed by atoms with Crippen molar-refractivity contribution in [1.82, 2.24) is 0 Å². The van der Waals surface area contributed by atoms with Crippen molar-refractivity contribution in [2.45, 2.75) is 0 Å². The first-order valence-electron chi connectivity index (χ1n) is 6.66. The SMILES string of the molecule is [CH-]=P(c1ccccc1)(c1ccccc1)c1ccccc1.[Li+]. The minimum Gasteiger partial charge on any atom is -0.496 e. The molecule has 98 valence electrons. The van der Waals surface area contributed by atoms with Crippen molar-refractivity contribution in [2.75, 3.05) is 0 Å². The van der Waals surface area contributed by atoms with Crippen LogP contribution in [-0.2, 0) is 0 Å². The fourth-order valence-electron chi connectivity index (χ4n) is 2.44. The van der Waals surface area contributed by atoms with Crippen LogP contribution in [0.25, 0.3) is 0 Å². The maximum Gasteiger partial charge on any atom is 1.00 e. The summed E-state index contributed by atoms with van der Waals surface area (Å²) in [5, 5.41) is 3.62. The molecule has 0 nitrogen and oxygen atoms in total. The third kappa shape index (κ3) is 3.09. The van der Waals surface area contributed by atoms with E-state index in [0.717, 1.165) is 0 Å². The molecule has 0 radical (unpaired) electrons. The Balaban J connectivity index is 0.00000161. The van der Waals surface area contributed by atoms with Gasteiger partial charge in [-0.1, -0.05) is 91.0 Å². The molecule has 0 fully saturated rings. The molecular weight excluding hydrogens is 266 g/mol. The first-order valence-corrected chi connectivity index (χ1v) is 8.52. The van der Waals surface area contributed by atoms with E-state index < -0.39 is 6.89 Å². The second-order valence-corrected chi connectivity index (χ2v) is 7.72. The van der Waals surface area contributed by atoms with Crippen LogP contribution in [0.15, 0.2) is 91.0 Å². The van der Waals surface area contributed by atoms with Crippen molar-refractivity contribution in [3.05, 3.63) is 91.0 Å². The molecule has 0 N–H and O–H groups in total. The molecule has 0 spiro atoms. The van der Waals surface area contributed by atoms with E-state index in [4.69, 9.17) is 6.30 Å². The molecule has 3 rings (SSSR count). The van der Waals surface area contributed by atoms with Gasteiger partial charge < -0.3 is 6.30 Å². The van der Waals surface area contributed by atoms with Crippen LogP contribution >= 0.6 is 6.89 Å². The van der Waals surface area contributed by atoms with Crippen LogP contribution in [0, 0.1) is 0 Å². The molecule has 0 unspecified atom stereocenters. The molecule has 0 atom stereocenters. The summed E-state index contributed by atoms with van der Waals surface area (Å²) in [5.41, 5.74) is 0. The molecule has 0 saturated heterocycles. The van der Waals surface area contributed by atoms with Gasteiger partial charge in [0.25, 0.3) is 0 Å². The second-order valence-electron chi connectivity index (χ2n) is 4.73. The average Bonchev–Trinajstić information content (AvgIpc) is 2.56. The van der Waals surface area contributed by atoms with E-state index in [1.54, 1.807) is 0 Å². The summed E-state index contributed by atoms with van der Waals surface area (Å²) >= 11 is 0. The standard InChI is InChI=1S/C19H16P.Li/c1-20(17-11-5-2-6-12-17,18-13-7-3-8-14-18)19-15-9-4-10-16-19;/h1-16H;/q-1;+1. The fraction of sp³-hybridized carbons (Fsp3) is 0. The van der Waals surface area contributed by atoms with Gasteiger partial charge in [-0.3, -0.25) is 0 Å². The van der Waals surface area contributed by atoms with Gasteiger partial charge in [0, 0.05) is 0 Å². The number of rotatable bonds is 3. The van der Waals surface area contributed by atoms with E-state index in [9.17, 15) is 0 Å². The van der Waals surface area contributed by atoms with Crippen LogP contribution in [0.5, 0.6) is 0 Å². The third-order valence-electron chi connectivity index (χ3n) is 3.49. The number of hydrogen-bond acceptors (Lipinski definition) is 0. The van der Waals surface area contributed by atoms with Crippen molar-refractivity contribution in [2.24, 2.45) is 0 Å². The van der Waals surface area contributed by atoms with E-state index in [-0.39, 0.29) is 18.9 Å². The van der Waals surface area contributed by atoms with Crippen molar-refractivity contribution in [1.29, 1.82) is 0 Å². The molecule has 3 aromatic carbocycles. The molecule has 0 aliphatic heterocycles.